The van der Waals surface area contributed by atoms with Crippen molar-refractivity contribution in [3.63, 3.8) is 0 Å². The van der Waals surface area contributed by atoms with Gasteiger partial charge in [0.2, 0.25) is 10.0 Å². The number of nitrogens with two attached hydrogens (primary N) is 1. The van der Waals surface area contributed by atoms with Crippen molar-refractivity contribution in [3.05, 3.63) is 27.7 Å². The number of sulfonamides is 1. The Labute approximate surface area is 134 Å². The van der Waals surface area contributed by atoms with Gasteiger partial charge in [-0.25, -0.2) is 13.6 Å². The van der Waals surface area contributed by atoms with Crippen molar-refractivity contribution in [1.82, 2.24) is 4.90 Å². The summed E-state index contributed by atoms with van der Waals surface area (Å²) in [6.45, 7) is 8.87. The van der Waals surface area contributed by atoms with E-state index in [1.54, 1.807) is 17.9 Å². The fourth-order valence-corrected chi connectivity index (χ4v) is 3.65. The van der Waals surface area contributed by atoms with E-state index in [9.17, 15) is 13.2 Å². The van der Waals surface area contributed by atoms with Gasteiger partial charge in [0.25, 0.3) is 5.91 Å². The fraction of sp³-hybridized carbons (Fsp3) is 0.500. The molecular weight excluding hydrogens is 356 g/mol. The minimum Gasteiger partial charge on any atom is -0.339 e. The standard InChI is InChI=1S/C14H21BrN2O3S/c1-5-17(8-9(2)3)14(18)11-6-10(4)13(15)12(7-11)21(16,19)20/h6-7,9H,5,8H2,1-4H3,(H2,16,19,20). The molecule has 0 heterocycles. The van der Waals surface area contributed by atoms with E-state index in [0.717, 1.165) is 0 Å². The summed E-state index contributed by atoms with van der Waals surface area (Å²) >= 11 is 3.21. The van der Waals surface area contributed by atoms with Crippen molar-refractivity contribution in [2.24, 2.45) is 11.1 Å². The highest BCUT2D eigenvalue weighted by Gasteiger charge is 2.21. The van der Waals surface area contributed by atoms with Crippen LogP contribution in [0.1, 0.15) is 36.7 Å². The first-order chi connectivity index (χ1) is 9.57. The zero-order valence-corrected chi connectivity index (χ0v) is 15.1. The smallest absolute Gasteiger partial charge is 0.253 e. The molecule has 1 aromatic rings. The summed E-state index contributed by atoms with van der Waals surface area (Å²) in [5, 5.41) is 5.20. The number of hydrogen-bond acceptors (Lipinski definition) is 3. The van der Waals surface area contributed by atoms with Gasteiger partial charge in [-0.3, -0.25) is 4.79 Å². The first-order valence-corrected chi connectivity index (χ1v) is 9.04. The Hall–Kier alpha value is -0.920. The molecule has 21 heavy (non-hydrogen) atoms. The van der Waals surface area contributed by atoms with Gasteiger partial charge in [0, 0.05) is 23.1 Å². The average molecular weight is 377 g/mol. The van der Waals surface area contributed by atoms with Gasteiger partial charge < -0.3 is 4.90 Å². The molecule has 1 aromatic carbocycles. The number of aryl methyl sites for hydroxylation is 1. The Bertz CT molecular complexity index is 642. The number of carbonyl (C=O) groups is 1. The maximum atomic E-state index is 12.5. The molecule has 2 N–H and O–H groups in total. The molecule has 0 saturated carbocycles. The molecule has 0 aliphatic heterocycles. The lowest BCUT2D eigenvalue weighted by atomic mass is 10.1. The Morgan fingerprint density at radius 1 is 1.38 bits per heavy atom. The minimum atomic E-state index is -3.89. The van der Waals surface area contributed by atoms with Crippen LogP contribution in [0.25, 0.3) is 0 Å². The SMILES string of the molecule is CCN(CC(C)C)C(=O)c1cc(C)c(Br)c(S(N)(=O)=O)c1. The molecule has 5 nitrogen and oxygen atoms in total. The van der Waals surface area contributed by atoms with Crippen LogP contribution in [0.15, 0.2) is 21.5 Å². The van der Waals surface area contributed by atoms with Crippen molar-refractivity contribution < 1.29 is 13.2 Å². The van der Waals surface area contributed by atoms with Gasteiger partial charge in [-0.1, -0.05) is 13.8 Å². The van der Waals surface area contributed by atoms with Gasteiger partial charge in [-0.2, -0.15) is 0 Å². The van der Waals surface area contributed by atoms with Gasteiger partial charge in [0.1, 0.15) is 0 Å². The number of hydrogen-bond donors (Lipinski definition) is 1. The normalized spacial score (nSPS) is 11.8. The second-order valence-electron chi connectivity index (χ2n) is 5.39. The number of halogens is 1. The third-order valence-electron chi connectivity index (χ3n) is 3.03. The molecule has 0 fully saturated rings. The van der Waals surface area contributed by atoms with E-state index in [4.69, 9.17) is 5.14 Å². The van der Waals surface area contributed by atoms with E-state index in [1.165, 1.54) is 6.07 Å². The van der Waals surface area contributed by atoms with Crippen LogP contribution in [0.2, 0.25) is 0 Å². The van der Waals surface area contributed by atoms with Gasteiger partial charge in [0.05, 0.1) is 4.90 Å². The van der Waals surface area contributed by atoms with Crippen molar-refractivity contribution in [3.8, 4) is 0 Å². The molecule has 0 radical (unpaired) electrons. The number of primary sulfonamides is 1. The van der Waals surface area contributed by atoms with Crippen LogP contribution in [0.5, 0.6) is 0 Å². The predicted molar refractivity (Wildman–Crippen MR) is 86.7 cm³/mol. The topological polar surface area (TPSA) is 80.5 Å². The molecule has 0 atom stereocenters. The first kappa shape index (κ1) is 18.1. The summed E-state index contributed by atoms with van der Waals surface area (Å²) in [6.07, 6.45) is 0. The van der Waals surface area contributed by atoms with E-state index >= 15 is 0 Å². The molecule has 7 heteroatoms. The van der Waals surface area contributed by atoms with Gasteiger partial charge in [-0.15, -0.1) is 0 Å². The second-order valence-corrected chi connectivity index (χ2v) is 7.71. The molecule has 118 valence electrons. The third kappa shape index (κ3) is 4.52. The second kappa shape index (κ2) is 6.89. The molecule has 1 amide bonds. The van der Waals surface area contributed by atoms with E-state index in [2.05, 4.69) is 15.9 Å². The van der Waals surface area contributed by atoms with E-state index in [0.29, 0.717) is 34.6 Å². The summed E-state index contributed by atoms with van der Waals surface area (Å²) in [5.41, 5.74) is 0.993. The van der Waals surface area contributed by atoms with Crippen LogP contribution in [0, 0.1) is 12.8 Å². The lowest BCUT2D eigenvalue weighted by molar-refractivity contribution is 0.0745. The van der Waals surface area contributed by atoms with E-state index in [1.807, 2.05) is 20.8 Å². The van der Waals surface area contributed by atoms with Crippen LogP contribution < -0.4 is 5.14 Å². The molecule has 0 unspecified atom stereocenters. The van der Waals surface area contributed by atoms with Crippen molar-refractivity contribution in [2.45, 2.75) is 32.6 Å². The van der Waals surface area contributed by atoms with Crippen LogP contribution in [-0.4, -0.2) is 32.3 Å². The maximum Gasteiger partial charge on any atom is 0.253 e. The highest BCUT2D eigenvalue weighted by Crippen LogP contribution is 2.27. The minimum absolute atomic E-state index is 0.0635. The summed E-state index contributed by atoms with van der Waals surface area (Å²) in [4.78, 5) is 14.2. The largest absolute Gasteiger partial charge is 0.339 e. The Morgan fingerprint density at radius 3 is 2.38 bits per heavy atom. The highest BCUT2D eigenvalue weighted by atomic mass is 79.9. The lowest BCUT2D eigenvalue weighted by Gasteiger charge is -2.23. The molecule has 0 bridgehead atoms. The number of nitrogens with zero attached hydrogens (tertiary/aromatic N) is 1. The molecule has 0 aliphatic rings. The third-order valence-corrected chi connectivity index (χ3v) is 5.28. The van der Waals surface area contributed by atoms with Crippen molar-refractivity contribution >= 4 is 31.9 Å². The van der Waals surface area contributed by atoms with Crippen LogP contribution in [0.3, 0.4) is 0 Å². The average Bonchev–Trinajstić information content (AvgIpc) is 2.36. The van der Waals surface area contributed by atoms with Crippen molar-refractivity contribution in [1.29, 1.82) is 0 Å². The summed E-state index contributed by atoms with van der Waals surface area (Å²) < 4.78 is 23.6. The molecular formula is C14H21BrN2O3S. The summed E-state index contributed by atoms with van der Waals surface area (Å²) in [7, 11) is -3.89. The maximum absolute atomic E-state index is 12.5. The van der Waals surface area contributed by atoms with Crippen molar-refractivity contribution in [2.75, 3.05) is 13.1 Å². The Kier molecular flexibility index (Phi) is 5.95. The van der Waals surface area contributed by atoms with E-state index < -0.39 is 10.0 Å². The highest BCUT2D eigenvalue weighted by molar-refractivity contribution is 9.10. The molecule has 0 saturated heterocycles. The number of rotatable bonds is 5. The van der Waals surface area contributed by atoms with Gasteiger partial charge in [0.15, 0.2) is 0 Å². The zero-order valence-electron chi connectivity index (χ0n) is 12.7. The number of amides is 1. The van der Waals surface area contributed by atoms with E-state index in [-0.39, 0.29) is 10.8 Å². The monoisotopic (exact) mass is 376 g/mol. The lowest BCUT2D eigenvalue weighted by Crippen LogP contribution is -2.34. The quantitative estimate of drug-likeness (QED) is 0.856. The van der Waals surface area contributed by atoms with Crippen LogP contribution >= 0.6 is 15.9 Å². The summed E-state index contributed by atoms with van der Waals surface area (Å²) in [5.74, 6) is 0.148. The Morgan fingerprint density at radius 2 is 1.95 bits per heavy atom. The molecule has 0 spiro atoms. The molecule has 0 aromatic heterocycles. The van der Waals surface area contributed by atoms with Gasteiger partial charge in [-0.05, 0) is 53.4 Å². The number of benzene rings is 1. The Balaban J connectivity index is 3.31. The van der Waals surface area contributed by atoms with Gasteiger partial charge >= 0.3 is 0 Å². The van der Waals surface area contributed by atoms with Crippen LogP contribution in [0.4, 0.5) is 0 Å². The predicted octanol–water partition coefficient (Wildman–Crippen LogP) is 2.52. The molecule has 0 aliphatic carbocycles. The fourth-order valence-electron chi connectivity index (χ4n) is 2.05. The summed E-state index contributed by atoms with van der Waals surface area (Å²) in [6, 6.07) is 3.00. The van der Waals surface area contributed by atoms with Crippen LogP contribution in [-0.2, 0) is 10.0 Å². The molecule has 1 rings (SSSR count). The first-order valence-electron chi connectivity index (χ1n) is 6.70. The number of carbonyl (C=O) groups excluding carboxylic acids is 1. The zero-order chi connectivity index (χ0) is 16.4.